The first-order chi connectivity index (χ1) is 9.26. The maximum atomic E-state index is 12.5. The highest BCUT2D eigenvalue weighted by molar-refractivity contribution is 5.82. The monoisotopic (exact) mass is 266 g/mol. The van der Waals surface area contributed by atoms with Crippen molar-refractivity contribution >= 4 is 5.91 Å². The summed E-state index contributed by atoms with van der Waals surface area (Å²) in [5, 5.41) is 6.76. The minimum Gasteiger partial charge on any atom is -0.352 e. The molecule has 19 heavy (non-hydrogen) atoms. The van der Waals surface area contributed by atoms with Gasteiger partial charge in [-0.15, -0.1) is 0 Å². The van der Waals surface area contributed by atoms with E-state index in [0.717, 1.165) is 31.7 Å². The van der Waals surface area contributed by atoms with Gasteiger partial charge >= 0.3 is 0 Å². The summed E-state index contributed by atoms with van der Waals surface area (Å²) in [6, 6.07) is 0.480. The normalized spacial score (nSPS) is 31.2. The van der Waals surface area contributed by atoms with E-state index < -0.39 is 0 Å². The van der Waals surface area contributed by atoms with E-state index in [2.05, 4.69) is 24.5 Å². The second kappa shape index (κ2) is 7.28. The highest BCUT2D eigenvalue weighted by Gasteiger charge is 2.42. The zero-order valence-electron chi connectivity index (χ0n) is 12.6. The van der Waals surface area contributed by atoms with Crippen molar-refractivity contribution in [3.8, 4) is 0 Å². The molecule has 0 aromatic carbocycles. The third-order valence-electron chi connectivity index (χ3n) is 4.92. The van der Waals surface area contributed by atoms with E-state index in [1.54, 1.807) is 0 Å². The Morgan fingerprint density at radius 3 is 2.84 bits per heavy atom. The van der Waals surface area contributed by atoms with Crippen molar-refractivity contribution in [1.82, 2.24) is 10.6 Å². The van der Waals surface area contributed by atoms with Crippen LogP contribution in [0, 0.1) is 11.8 Å². The van der Waals surface area contributed by atoms with E-state index in [1.807, 2.05) is 0 Å². The zero-order chi connectivity index (χ0) is 13.7. The Morgan fingerprint density at radius 1 is 1.26 bits per heavy atom. The van der Waals surface area contributed by atoms with Crippen LogP contribution in [0.5, 0.6) is 0 Å². The SMILES string of the molecule is CCCCC(CCC)NC(=O)C1NCC2CCCC21. The molecule has 2 aliphatic rings. The third-order valence-corrected chi connectivity index (χ3v) is 4.92. The number of rotatable bonds is 7. The minimum atomic E-state index is 0.0912. The van der Waals surface area contributed by atoms with Crippen molar-refractivity contribution in [1.29, 1.82) is 0 Å². The molecule has 0 radical (unpaired) electrons. The molecule has 3 nitrogen and oxygen atoms in total. The molecule has 3 heteroatoms. The Hall–Kier alpha value is -0.570. The molecule has 2 N–H and O–H groups in total. The number of unbranched alkanes of at least 4 members (excludes halogenated alkanes) is 1. The van der Waals surface area contributed by atoms with E-state index >= 15 is 0 Å². The highest BCUT2D eigenvalue weighted by Crippen LogP contribution is 2.37. The van der Waals surface area contributed by atoms with Gasteiger partial charge in [0.05, 0.1) is 6.04 Å². The molecule has 0 bridgehead atoms. The van der Waals surface area contributed by atoms with Gasteiger partial charge < -0.3 is 10.6 Å². The van der Waals surface area contributed by atoms with E-state index in [0.29, 0.717) is 12.0 Å². The topological polar surface area (TPSA) is 41.1 Å². The number of nitrogens with one attached hydrogen (secondary N) is 2. The van der Waals surface area contributed by atoms with Gasteiger partial charge in [0, 0.05) is 6.04 Å². The van der Waals surface area contributed by atoms with E-state index in [4.69, 9.17) is 0 Å². The van der Waals surface area contributed by atoms with Gasteiger partial charge in [0.25, 0.3) is 0 Å². The first-order valence-corrected chi connectivity index (χ1v) is 8.30. The number of hydrogen-bond acceptors (Lipinski definition) is 2. The van der Waals surface area contributed by atoms with Gasteiger partial charge in [-0.05, 0) is 44.1 Å². The molecule has 0 aromatic heterocycles. The first-order valence-electron chi connectivity index (χ1n) is 8.30. The molecule has 1 aliphatic carbocycles. The van der Waals surface area contributed by atoms with Gasteiger partial charge in [0.15, 0.2) is 0 Å². The smallest absolute Gasteiger partial charge is 0.237 e. The second-order valence-electron chi connectivity index (χ2n) is 6.38. The Morgan fingerprint density at radius 2 is 2.11 bits per heavy atom. The number of amides is 1. The van der Waals surface area contributed by atoms with Crippen molar-refractivity contribution in [3.05, 3.63) is 0 Å². The number of carbonyl (C=O) groups excluding carboxylic acids is 1. The van der Waals surface area contributed by atoms with Gasteiger partial charge in [0.2, 0.25) is 5.91 Å². The molecule has 1 saturated carbocycles. The quantitative estimate of drug-likeness (QED) is 0.744. The van der Waals surface area contributed by atoms with Gasteiger partial charge in [-0.25, -0.2) is 0 Å². The summed E-state index contributed by atoms with van der Waals surface area (Å²) in [5.41, 5.74) is 0. The van der Waals surface area contributed by atoms with Gasteiger partial charge in [-0.2, -0.15) is 0 Å². The summed E-state index contributed by atoms with van der Waals surface area (Å²) in [4.78, 5) is 12.5. The molecule has 4 unspecified atom stereocenters. The van der Waals surface area contributed by atoms with Gasteiger partial charge in [-0.1, -0.05) is 39.5 Å². The number of hydrogen-bond donors (Lipinski definition) is 2. The fourth-order valence-electron chi connectivity index (χ4n) is 3.85. The van der Waals surface area contributed by atoms with Crippen LogP contribution in [0.1, 0.15) is 65.2 Å². The van der Waals surface area contributed by atoms with Crippen LogP contribution in [-0.4, -0.2) is 24.5 Å². The summed E-state index contributed by atoms with van der Waals surface area (Å²) >= 11 is 0. The van der Waals surface area contributed by atoms with Crippen LogP contribution in [0.4, 0.5) is 0 Å². The zero-order valence-corrected chi connectivity index (χ0v) is 12.6. The van der Waals surface area contributed by atoms with Gasteiger partial charge in [0.1, 0.15) is 0 Å². The van der Waals surface area contributed by atoms with E-state index in [9.17, 15) is 4.79 Å². The van der Waals surface area contributed by atoms with Crippen molar-refractivity contribution in [2.45, 2.75) is 77.3 Å². The summed E-state index contributed by atoms with van der Waals surface area (Å²) in [7, 11) is 0. The van der Waals surface area contributed by atoms with Crippen LogP contribution < -0.4 is 10.6 Å². The molecule has 1 heterocycles. The largest absolute Gasteiger partial charge is 0.352 e. The Kier molecular flexibility index (Phi) is 5.68. The molecule has 1 amide bonds. The lowest BCUT2D eigenvalue weighted by Crippen LogP contribution is -2.47. The van der Waals surface area contributed by atoms with E-state index in [-0.39, 0.29) is 11.9 Å². The molecule has 1 aliphatic heterocycles. The molecule has 110 valence electrons. The van der Waals surface area contributed by atoms with Crippen molar-refractivity contribution in [2.75, 3.05) is 6.54 Å². The van der Waals surface area contributed by atoms with Crippen LogP contribution >= 0.6 is 0 Å². The lowest BCUT2D eigenvalue weighted by atomic mass is 9.93. The summed E-state index contributed by atoms with van der Waals surface area (Å²) in [6.07, 6.45) is 9.70. The van der Waals surface area contributed by atoms with Crippen molar-refractivity contribution in [2.24, 2.45) is 11.8 Å². The van der Waals surface area contributed by atoms with E-state index in [1.165, 1.54) is 32.1 Å². The van der Waals surface area contributed by atoms with Crippen LogP contribution in [0.2, 0.25) is 0 Å². The average molecular weight is 266 g/mol. The van der Waals surface area contributed by atoms with Crippen molar-refractivity contribution in [3.63, 3.8) is 0 Å². The maximum absolute atomic E-state index is 12.5. The minimum absolute atomic E-state index is 0.0912. The summed E-state index contributed by atoms with van der Waals surface area (Å²) < 4.78 is 0. The average Bonchev–Trinajstić information content (AvgIpc) is 2.98. The predicted octanol–water partition coefficient (Wildman–Crippen LogP) is 2.85. The fraction of sp³-hybridized carbons (Fsp3) is 0.938. The molecular formula is C16H30N2O. The molecule has 4 atom stereocenters. The lowest BCUT2D eigenvalue weighted by Gasteiger charge is -2.23. The maximum Gasteiger partial charge on any atom is 0.237 e. The molecule has 0 spiro atoms. The van der Waals surface area contributed by atoms with Crippen LogP contribution in [-0.2, 0) is 4.79 Å². The lowest BCUT2D eigenvalue weighted by molar-refractivity contribution is -0.124. The highest BCUT2D eigenvalue weighted by atomic mass is 16.2. The van der Waals surface area contributed by atoms with Crippen LogP contribution in [0.15, 0.2) is 0 Å². The molecule has 0 aromatic rings. The Balaban J connectivity index is 1.84. The van der Waals surface area contributed by atoms with Gasteiger partial charge in [-0.3, -0.25) is 4.79 Å². The van der Waals surface area contributed by atoms with Crippen molar-refractivity contribution < 1.29 is 4.79 Å². The second-order valence-corrected chi connectivity index (χ2v) is 6.38. The number of carbonyl (C=O) groups is 1. The van der Waals surface area contributed by atoms with Crippen LogP contribution in [0.3, 0.4) is 0 Å². The third kappa shape index (κ3) is 3.71. The molecule has 1 saturated heterocycles. The Labute approximate surface area is 117 Å². The number of fused-ring (bicyclic) bond motifs is 1. The Bertz CT molecular complexity index is 292. The standard InChI is InChI=1S/C16H30N2O/c1-3-5-9-13(7-4-2)18-16(19)15-14-10-6-8-12(14)11-17-15/h12-15,17H,3-11H2,1-2H3,(H,18,19). The molecular weight excluding hydrogens is 236 g/mol. The summed E-state index contributed by atoms with van der Waals surface area (Å²) in [6.45, 7) is 5.47. The summed E-state index contributed by atoms with van der Waals surface area (Å²) in [5.74, 6) is 1.63. The molecule has 2 fully saturated rings. The fourth-order valence-corrected chi connectivity index (χ4v) is 3.85. The predicted molar refractivity (Wildman–Crippen MR) is 79.0 cm³/mol. The first kappa shape index (κ1) is 14.8. The molecule has 2 rings (SSSR count). The van der Waals surface area contributed by atoms with Crippen LogP contribution in [0.25, 0.3) is 0 Å².